The lowest BCUT2D eigenvalue weighted by molar-refractivity contribution is -0.0494. The molecule has 4 heterocycles. The van der Waals surface area contributed by atoms with Crippen LogP contribution in [0.3, 0.4) is 0 Å². The number of fused-ring (bicyclic) bond motifs is 1. The van der Waals surface area contributed by atoms with Gasteiger partial charge >= 0.3 is 5.69 Å². The number of likely N-dealkylation sites (tertiary alicyclic amines) is 1. The summed E-state index contributed by atoms with van der Waals surface area (Å²) < 4.78 is 34.7. The predicted molar refractivity (Wildman–Crippen MR) is 94.8 cm³/mol. The lowest BCUT2D eigenvalue weighted by Gasteiger charge is -2.31. The van der Waals surface area contributed by atoms with Crippen molar-refractivity contribution in [3.8, 4) is 11.6 Å². The fourth-order valence-electron chi connectivity index (χ4n) is 3.03. The van der Waals surface area contributed by atoms with Crippen molar-refractivity contribution in [1.82, 2.24) is 24.1 Å². The smallest absolute Gasteiger partial charge is 0.350 e. The van der Waals surface area contributed by atoms with Crippen LogP contribution in [0.15, 0.2) is 41.5 Å². The molecule has 0 aromatic carbocycles. The van der Waals surface area contributed by atoms with Crippen LogP contribution in [0.4, 0.5) is 8.78 Å². The van der Waals surface area contributed by atoms with Crippen LogP contribution in [0.5, 0.6) is 11.6 Å². The average Bonchev–Trinajstić information content (AvgIpc) is 2.95. The molecule has 1 aliphatic heterocycles. The van der Waals surface area contributed by atoms with Crippen LogP contribution in [0.1, 0.15) is 23.2 Å². The first-order valence-corrected chi connectivity index (χ1v) is 8.69. The summed E-state index contributed by atoms with van der Waals surface area (Å²) in [5.41, 5.74) is 0.473. The second-order valence-electron chi connectivity index (χ2n) is 6.63. The molecule has 0 saturated carbocycles. The molecule has 1 fully saturated rings. The zero-order chi connectivity index (χ0) is 19.9. The molecule has 10 heteroatoms. The van der Waals surface area contributed by atoms with E-state index in [-0.39, 0.29) is 43.4 Å². The first kappa shape index (κ1) is 18.1. The average molecular weight is 389 g/mol. The van der Waals surface area contributed by atoms with E-state index in [4.69, 9.17) is 4.74 Å². The van der Waals surface area contributed by atoms with Crippen molar-refractivity contribution in [1.29, 1.82) is 0 Å². The fourth-order valence-corrected chi connectivity index (χ4v) is 3.03. The highest BCUT2D eigenvalue weighted by molar-refractivity contribution is 5.94. The number of aromatic nitrogens is 4. The zero-order valence-electron chi connectivity index (χ0n) is 15.0. The van der Waals surface area contributed by atoms with Crippen molar-refractivity contribution >= 4 is 11.6 Å². The highest BCUT2D eigenvalue weighted by atomic mass is 19.3. The molecule has 1 aliphatic rings. The number of nitrogens with zero attached hydrogens (tertiary/aromatic N) is 5. The van der Waals surface area contributed by atoms with E-state index in [1.807, 2.05) is 0 Å². The Bertz CT molecular complexity index is 1080. The number of aryl methyl sites for hydroxylation is 1. The van der Waals surface area contributed by atoms with Crippen LogP contribution in [0, 0.1) is 0 Å². The van der Waals surface area contributed by atoms with Gasteiger partial charge in [-0.25, -0.2) is 23.2 Å². The minimum absolute atomic E-state index is 0.0214. The Hall–Kier alpha value is -3.30. The minimum atomic E-state index is -2.70. The maximum absolute atomic E-state index is 13.2. The van der Waals surface area contributed by atoms with E-state index in [1.165, 1.54) is 26.2 Å². The quantitative estimate of drug-likeness (QED) is 0.685. The van der Waals surface area contributed by atoms with Gasteiger partial charge in [-0.15, -0.1) is 0 Å². The molecule has 0 aliphatic carbocycles. The molecule has 0 atom stereocenters. The van der Waals surface area contributed by atoms with Crippen molar-refractivity contribution < 1.29 is 18.3 Å². The van der Waals surface area contributed by atoms with Gasteiger partial charge in [-0.3, -0.25) is 9.20 Å². The Morgan fingerprint density at radius 2 is 1.96 bits per heavy atom. The van der Waals surface area contributed by atoms with E-state index in [0.717, 1.165) is 0 Å². The highest BCUT2D eigenvalue weighted by Gasteiger charge is 2.35. The van der Waals surface area contributed by atoms with Crippen LogP contribution >= 0.6 is 0 Å². The summed E-state index contributed by atoms with van der Waals surface area (Å²) in [4.78, 5) is 29.7. The molecular formula is C18H17F2N5O3. The van der Waals surface area contributed by atoms with Crippen molar-refractivity contribution in [3.63, 3.8) is 0 Å². The third-order valence-electron chi connectivity index (χ3n) is 4.63. The third kappa shape index (κ3) is 3.45. The van der Waals surface area contributed by atoms with Gasteiger partial charge in [-0.05, 0) is 12.1 Å². The lowest BCUT2D eigenvalue weighted by atomic mass is 10.1. The maximum Gasteiger partial charge on any atom is 0.350 e. The molecule has 3 aromatic rings. The zero-order valence-corrected chi connectivity index (χ0v) is 15.0. The van der Waals surface area contributed by atoms with Gasteiger partial charge in [0.2, 0.25) is 5.88 Å². The van der Waals surface area contributed by atoms with Crippen LogP contribution < -0.4 is 10.4 Å². The number of hydrogen-bond acceptors (Lipinski definition) is 5. The first-order chi connectivity index (χ1) is 13.3. The van der Waals surface area contributed by atoms with Gasteiger partial charge in [-0.1, -0.05) is 0 Å². The summed E-state index contributed by atoms with van der Waals surface area (Å²) in [5, 5.41) is 4.08. The molecule has 0 spiro atoms. The monoisotopic (exact) mass is 389 g/mol. The Morgan fingerprint density at radius 3 is 2.64 bits per heavy atom. The summed E-state index contributed by atoms with van der Waals surface area (Å²) in [5.74, 6) is -2.34. The van der Waals surface area contributed by atoms with Crippen LogP contribution in [-0.2, 0) is 7.05 Å². The number of rotatable bonds is 3. The van der Waals surface area contributed by atoms with Gasteiger partial charge in [-0.2, -0.15) is 5.10 Å². The topological polar surface area (TPSA) is 81.7 Å². The summed E-state index contributed by atoms with van der Waals surface area (Å²) in [6, 6.07) is 6.27. The molecule has 146 valence electrons. The summed E-state index contributed by atoms with van der Waals surface area (Å²) >= 11 is 0. The Labute approximate surface area is 158 Å². The largest absolute Gasteiger partial charge is 0.439 e. The second kappa shape index (κ2) is 6.70. The van der Waals surface area contributed by atoms with Gasteiger partial charge in [0.25, 0.3) is 11.8 Å². The standard InChI is InChI=1S/C18H17F2N5O3/c1-23-17(27)25-7-4-13(10-14(25)22-23)28-15-3-2-12(11-21-15)16(26)24-8-5-18(19,20)6-9-24/h2-4,7,10-11H,5-6,8-9H2,1H3. The van der Waals surface area contributed by atoms with E-state index < -0.39 is 5.92 Å². The molecule has 0 bridgehead atoms. The third-order valence-corrected chi connectivity index (χ3v) is 4.63. The van der Waals surface area contributed by atoms with Crippen LogP contribution in [0.2, 0.25) is 0 Å². The highest BCUT2D eigenvalue weighted by Crippen LogP contribution is 2.28. The summed E-state index contributed by atoms with van der Waals surface area (Å²) in [6.45, 7) is 0.0427. The number of halogens is 2. The maximum atomic E-state index is 13.2. The van der Waals surface area contributed by atoms with E-state index in [0.29, 0.717) is 17.0 Å². The van der Waals surface area contributed by atoms with E-state index >= 15 is 0 Å². The molecule has 28 heavy (non-hydrogen) atoms. The molecule has 3 aromatic heterocycles. The number of pyridine rings is 2. The Morgan fingerprint density at radius 1 is 1.21 bits per heavy atom. The van der Waals surface area contributed by atoms with Crippen LogP contribution in [-0.4, -0.2) is 49.0 Å². The number of amides is 1. The number of ether oxygens (including phenoxy) is 1. The van der Waals surface area contributed by atoms with Crippen molar-refractivity contribution in [2.75, 3.05) is 13.1 Å². The van der Waals surface area contributed by atoms with E-state index in [1.54, 1.807) is 31.4 Å². The molecule has 8 nitrogen and oxygen atoms in total. The summed E-state index contributed by atoms with van der Waals surface area (Å²) in [7, 11) is 1.55. The molecule has 0 unspecified atom stereocenters. The first-order valence-electron chi connectivity index (χ1n) is 8.69. The van der Waals surface area contributed by atoms with Gasteiger partial charge in [0.1, 0.15) is 5.75 Å². The summed E-state index contributed by atoms with van der Waals surface area (Å²) in [6.07, 6.45) is 2.25. The van der Waals surface area contributed by atoms with E-state index in [9.17, 15) is 18.4 Å². The minimum Gasteiger partial charge on any atom is -0.439 e. The second-order valence-corrected chi connectivity index (χ2v) is 6.63. The Kier molecular flexibility index (Phi) is 4.33. The molecule has 4 rings (SSSR count). The molecular weight excluding hydrogens is 372 g/mol. The number of carbonyl (C=O) groups is 1. The SMILES string of the molecule is Cn1nc2cc(Oc3ccc(C(=O)N4CCC(F)(F)CC4)cn3)ccn2c1=O. The number of carbonyl (C=O) groups excluding carboxylic acids is 1. The van der Waals surface area contributed by atoms with Crippen molar-refractivity contribution in [2.24, 2.45) is 7.05 Å². The number of alkyl halides is 2. The molecule has 0 radical (unpaired) electrons. The molecule has 1 amide bonds. The van der Waals surface area contributed by atoms with Gasteiger partial charge in [0.05, 0.1) is 5.56 Å². The van der Waals surface area contributed by atoms with Crippen LogP contribution in [0.25, 0.3) is 5.65 Å². The van der Waals surface area contributed by atoms with E-state index in [2.05, 4.69) is 10.1 Å². The van der Waals surface area contributed by atoms with Crippen molar-refractivity contribution in [3.05, 3.63) is 52.7 Å². The van der Waals surface area contributed by atoms with Gasteiger partial charge in [0.15, 0.2) is 5.65 Å². The van der Waals surface area contributed by atoms with Gasteiger partial charge in [0, 0.05) is 57.5 Å². The number of hydrogen-bond donors (Lipinski definition) is 0. The molecule has 0 N–H and O–H groups in total. The fraction of sp³-hybridized carbons (Fsp3) is 0.333. The lowest BCUT2D eigenvalue weighted by Crippen LogP contribution is -2.42. The van der Waals surface area contributed by atoms with Crippen molar-refractivity contribution in [2.45, 2.75) is 18.8 Å². The van der Waals surface area contributed by atoms with Gasteiger partial charge < -0.3 is 9.64 Å². The normalized spacial score (nSPS) is 16.3. The Balaban J connectivity index is 1.46. The number of piperidine rings is 1. The predicted octanol–water partition coefficient (Wildman–Crippen LogP) is 2.09. The molecule has 1 saturated heterocycles.